The highest BCUT2D eigenvalue weighted by Gasteiger charge is 2.43. The van der Waals surface area contributed by atoms with E-state index in [0.29, 0.717) is 6.42 Å². The summed E-state index contributed by atoms with van der Waals surface area (Å²) in [5, 5.41) is 16.9. The minimum atomic E-state index is -2.15. The summed E-state index contributed by atoms with van der Waals surface area (Å²) in [4.78, 5) is 0. The summed E-state index contributed by atoms with van der Waals surface area (Å²) >= 11 is 0. The molecule has 0 spiro atoms. The molecule has 0 aliphatic heterocycles. The average Bonchev–Trinajstić information content (AvgIpc) is 2.79. The van der Waals surface area contributed by atoms with Crippen molar-refractivity contribution >= 4 is 23.2 Å². The van der Waals surface area contributed by atoms with Gasteiger partial charge in [0.25, 0.3) is 0 Å². The first kappa shape index (κ1) is 21.3. The predicted octanol–water partition coefficient (Wildman–Crippen LogP) is 5.54. The van der Waals surface area contributed by atoms with E-state index in [0.717, 1.165) is 12.8 Å². The van der Waals surface area contributed by atoms with Crippen molar-refractivity contribution in [1.29, 1.82) is 0 Å². The van der Waals surface area contributed by atoms with Crippen molar-refractivity contribution < 1.29 is 5.11 Å². The van der Waals surface area contributed by atoms with Crippen LogP contribution in [0.3, 0.4) is 0 Å². The molecule has 0 bridgehead atoms. The molecule has 0 atom stereocenters. The molecular weight excluding hydrogens is 371 g/mol. The Morgan fingerprint density at radius 2 is 1.07 bits per heavy atom. The molecule has 0 fully saturated rings. The molecule has 0 aliphatic rings. The van der Waals surface area contributed by atoms with E-state index < -0.39 is 7.26 Å². The van der Waals surface area contributed by atoms with Gasteiger partial charge in [-0.2, -0.15) is 0 Å². The van der Waals surface area contributed by atoms with Gasteiger partial charge in [-0.25, -0.2) is 0 Å². The Bertz CT molecular complexity index is 776. The molecule has 0 N–H and O–H groups in total. The van der Waals surface area contributed by atoms with Gasteiger partial charge in [0.1, 0.15) is 23.2 Å². The lowest BCUT2D eigenvalue weighted by molar-refractivity contribution is -0.306. The average molecular weight is 403 g/mol. The minimum absolute atomic E-state index is 0.270. The van der Waals surface area contributed by atoms with Gasteiger partial charge in [0.15, 0.2) is 0 Å². The Balaban J connectivity index is 2.06. The molecule has 3 rings (SSSR count). The lowest BCUT2D eigenvalue weighted by Gasteiger charge is -2.26. The summed E-state index contributed by atoms with van der Waals surface area (Å²) < 4.78 is 0. The van der Waals surface area contributed by atoms with Crippen molar-refractivity contribution in [2.75, 3.05) is 0 Å². The Morgan fingerprint density at radius 3 is 1.48 bits per heavy atom. The molecule has 0 saturated heterocycles. The standard InChI is InChI=1S/C27H31OP/c1-2-3-4-5-9-16-24(28)23-29(25-17-10-6-11-18-25,26-19-12-7-13-20-26)27-21-14-8-15-22-27/h6-8,10-15,17-23H,2-5,9,16H2,1H3/b24-23-. The van der Waals surface area contributed by atoms with E-state index in [2.05, 4.69) is 85.5 Å². The van der Waals surface area contributed by atoms with E-state index in [1.165, 1.54) is 35.2 Å². The van der Waals surface area contributed by atoms with Crippen LogP contribution >= 0.6 is 7.26 Å². The first-order valence-electron chi connectivity index (χ1n) is 10.7. The molecule has 150 valence electrons. The van der Waals surface area contributed by atoms with Crippen LogP contribution in [0, 0.1) is 0 Å². The van der Waals surface area contributed by atoms with Gasteiger partial charge in [0, 0.05) is 0 Å². The van der Waals surface area contributed by atoms with Crippen molar-refractivity contribution in [2.24, 2.45) is 0 Å². The first-order valence-corrected chi connectivity index (χ1v) is 12.6. The normalized spacial score (nSPS) is 12.1. The maximum atomic E-state index is 13.2. The van der Waals surface area contributed by atoms with E-state index >= 15 is 0 Å². The molecule has 0 aromatic heterocycles. The van der Waals surface area contributed by atoms with Crippen LogP contribution in [-0.4, -0.2) is 0 Å². The Kier molecular flexibility index (Phi) is 8.08. The Morgan fingerprint density at radius 1 is 0.655 bits per heavy atom. The summed E-state index contributed by atoms with van der Waals surface area (Å²) in [5.41, 5.74) is 0. The Labute approximate surface area is 176 Å². The monoisotopic (exact) mass is 402 g/mol. The summed E-state index contributed by atoms with van der Waals surface area (Å²) in [6, 6.07) is 31.7. The summed E-state index contributed by atoms with van der Waals surface area (Å²) in [7, 11) is -2.15. The SMILES string of the molecule is CCCCCCC/C([O-])=C/[P+](c1ccccc1)(c1ccccc1)c1ccccc1. The lowest BCUT2D eigenvalue weighted by Crippen LogP contribution is -2.30. The number of hydrogen-bond donors (Lipinski definition) is 0. The second kappa shape index (κ2) is 11.0. The van der Waals surface area contributed by atoms with Crippen LogP contribution in [0.15, 0.2) is 103 Å². The van der Waals surface area contributed by atoms with Gasteiger partial charge >= 0.3 is 0 Å². The fourth-order valence-corrected chi connectivity index (χ4v) is 7.67. The largest absolute Gasteiger partial charge is 0.873 e. The molecule has 0 radical (unpaired) electrons. The quantitative estimate of drug-likeness (QED) is 0.248. The van der Waals surface area contributed by atoms with Gasteiger partial charge in [-0.1, -0.05) is 99.4 Å². The highest BCUT2D eigenvalue weighted by molar-refractivity contribution is 7.98. The molecule has 0 saturated carbocycles. The molecule has 0 amide bonds. The summed E-state index contributed by atoms with van der Waals surface area (Å²) in [6.45, 7) is 2.22. The van der Waals surface area contributed by atoms with Crippen LogP contribution in [-0.2, 0) is 0 Å². The number of allylic oxidation sites excluding steroid dienone is 1. The van der Waals surface area contributed by atoms with Crippen LogP contribution < -0.4 is 21.0 Å². The van der Waals surface area contributed by atoms with Crippen LogP contribution in [0.2, 0.25) is 0 Å². The Hall–Kier alpha value is -2.37. The second-order valence-corrected chi connectivity index (χ2v) is 10.7. The summed E-state index contributed by atoms with van der Waals surface area (Å²) in [6.07, 6.45) is 6.46. The van der Waals surface area contributed by atoms with Crippen LogP contribution in [0.5, 0.6) is 0 Å². The van der Waals surface area contributed by atoms with E-state index in [1.54, 1.807) is 0 Å². The molecule has 0 aliphatic carbocycles. The van der Waals surface area contributed by atoms with Gasteiger partial charge in [-0.05, 0) is 42.8 Å². The van der Waals surface area contributed by atoms with Gasteiger partial charge in [0.2, 0.25) is 0 Å². The fourth-order valence-electron chi connectivity index (χ4n) is 3.84. The third-order valence-electron chi connectivity index (χ3n) is 5.35. The third kappa shape index (κ3) is 5.37. The van der Waals surface area contributed by atoms with Crippen molar-refractivity contribution in [2.45, 2.75) is 45.4 Å². The highest BCUT2D eigenvalue weighted by Crippen LogP contribution is 2.57. The van der Waals surface area contributed by atoms with Crippen molar-refractivity contribution in [3.05, 3.63) is 103 Å². The highest BCUT2D eigenvalue weighted by atomic mass is 31.2. The number of benzene rings is 3. The van der Waals surface area contributed by atoms with Crippen LogP contribution in [0.4, 0.5) is 0 Å². The lowest BCUT2D eigenvalue weighted by atomic mass is 10.1. The smallest absolute Gasteiger partial charge is 0.136 e. The van der Waals surface area contributed by atoms with Crippen molar-refractivity contribution in [3.8, 4) is 0 Å². The second-order valence-electron chi connectivity index (χ2n) is 7.49. The first-order chi connectivity index (χ1) is 14.3. The molecule has 0 unspecified atom stereocenters. The van der Waals surface area contributed by atoms with Crippen LogP contribution in [0.1, 0.15) is 45.4 Å². The van der Waals surface area contributed by atoms with Crippen LogP contribution in [0.25, 0.3) is 0 Å². The number of unbranched alkanes of at least 4 members (excludes halogenated alkanes) is 4. The van der Waals surface area contributed by atoms with E-state index in [4.69, 9.17) is 0 Å². The fraction of sp³-hybridized carbons (Fsp3) is 0.259. The zero-order chi connectivity index (χ0) is 20.4. The number of rotatable bonds is 10. The van der Waals surface area contributed by atoms with Crippen molar-refractivity contribution in [3.63, 3.8) is 0 Å². The predicted molar refractivity (Wildman–Crippen MR) is 127 cm³/mol. The topological polar surface area (TPSA) is 23.1 Å². The van der Waals surface area contributed by atoms with Gasteiger partial charge in [-0.3, -0.25) is 0 Å². The minimum Gasteiger partial charge on any atom is -0.873 e. The molecule has 2 heteroatoms. The van der Waals surface area contributed by atoms with Crippen molar-refractivity contribution in [1.82, 2.24) is 0 Å². The molecule has 3 aromatic carbocycles. The molecule has 3 aromatic rings. The third-order valence-corrected chi connectivity index (χ3v) is 9.37. The zero-order valence-electron chi connectivity index (χ0n) is 17.3. The van der Waals surface area contributed by atoms with Gasteiger partial charge in [0.05, 0.1) is 5.82 Å². The molecule has 1 nitrogen and oxygen atoms in total. The zero-order valence-corrected chi connectivity index (χ0v) is 18.2. The van der Waals surface area contributed by atoms with Gasteiger partial charge in [-0.15, -0.1) is 0 Å². The maximum Gasteiger partial charge on any atom is 0.136 e. The summed E-state index contributed by atoms with van der Waals surface area (Å²) in [5.74, 6) is 2.35. The molecular formula is C27H31OP. The van der Waals surface area contributed by atoms with Gasteiger partial charge < -0.3 is 5.11 Å². The van der Waals surface area contributed by atoms with E-state index in [9.17, 15) is 5.11 Å². The molecule has 29 heavy (non-hydrogen) atoms. The maximum absolute atomic E-state index is 13.2. The number of hydrogen-bond acceptors (Lipinski definition) is 1. The molecule has 0 heterocycles. The van der Waals surface area contributed by atoms with E-state index in [-0.39, 0.29) is 5.76 Å². The van der Waals surface area contributed by atoms with E-state index in [1.807, 2.05) is 18.2 Å².